The minimum Gasteiger partial charge on any atom is -0.412 e. The molecule has 0 bridgehead atoms. The van der Waals surface area contributed by atoms with Crippen LogP contribution in [0.15, 0.2) is 0 Å². The molecule has 4 heterocycles. The van der Waals surface area contributed by atoms with Crippen LogP contribution in [0.25, 0.3) is 0 Å². The summed E-state index contributed by atoms with van der Waals surface area (Å²) in [6.45, 7) is -2.69. The summed E-state index contributed by atoms with van der Waals surface area (Å²) >= 11 is 0. The quantitative estimate of drug-likeness (QED) is 0.112. The summed E-state index contributed by atoms with van der Waals surface area (Å²) in [6.07, 6.45) is -31.1. The minimum atomic E-state index is -1.74. The Balaban J connectivity index is 0.000000320. The van der Waals surface area contributed by atoms with Crippen molar-refractivity contribution in [3.05, 3.63) is 0 Å². The van der Waals surface area contributed by atoms with Crippen molar-refractivity contribution in [3.63, 3.8) is 0 Å². The van der Waals surface area contributed by atoms with Gasteiger partial charge < -0.3 is 116 Å². The van der Waals surface area contributed by atoms with Crippen molar-refractivity contribution in [2.45, 2.75) is 123 Å². The van der Waals surface area contributed by atoms with Crippen molar-refractivity contribution in [3.8, 4) is 0 Å². The zero-order chi connectivity index (χ0) is 34.6. The number of hydrogen-bond donors (Lipinski definition) is 16. The van der Waals surface area contributed by atoms with Gasteiger partial charge in [0.1, 0.15) is 97.7 Å². The van der Waals surface area contributed by atoms with Crippen LogP contribution in [0.5, 0.6) is 0 Å². The van der Waals surface area contributed by atoms with Crippen molar-refractivity contribution >= 4 is 0 Å². The maximum Gasteiger partial charge on any atom is 0.187 e. The summed E-state index contributed by atoms with van der Waals surface area (Å²) < 4.78 is 30.5. The van der Waals surface area contributed by atoms with Gasteiger partial charge in [-0.1, -0.05) is 0 Å². The molecule has 47 heavy (non-hydrogen) atoms. The predicted molar refractivity (Wildman–Crippen MR) is 141 cm³/mol. The fourth-order valence-corrected chi connectivity index (χ4v) is 5.14. The van der Waals surface area contributed by atoms with E-state index in [1.54, 1.807) is 0 Å². The molecule has 0 aromatic rings. The van der Waals surface area contributed by atoms with Crippen LogP contribution < -0.4 is 0 Å². The average molecular weight is 703 g/mol. The molecule has 23 heteroatoms. The first-order chi connectivity index (χ1) is 21.6. The molecule has 4 fully saturated rings. The second-order valence-corrected chi connectivity index (χ2v) is 11.1. The molecule has 20 atom stereocenters. The maximum atomic E-state index is 9.94. The van der Waals surface area contributed by atoms with Crippen molar-refractivity contribution in [2.24, 2.45) is 0 Å². The Morgan fingerprint density at radius 3 is 0.915 bits per heavy atom. The number of rotatable bonds is 8. The highest BCUT2D eigenvalue weighted by Crippen LogP contribution is 2.30. The first-order valence-corrected chi connectivity index (χ1v) is 14.2. The molecule has 0 amide bonds. The van der Waals surface area contributed by atoms with Crippen molar-refractivity contribution in [2.75, 3.05) is 26.4 Å². The first kappa shape index (κ1) is 42.2. The van der Waals surface area contributed by atoms with E-state index in [1.807, 2.05) is 0 Å². The van der Waals surface area contributed by atoms with Gasteiger partial charge in [-0.3, -0.25) is 0 Å². The molecule has 0 aromatic carbocycles. The van der Waals surface area contributed by atoms with Gasteiger partial charge in [0.25, 0.3) is 0 Å². The minimum absolute atomic E-state index is 0. The first-order valence-electron chi connectivity index (χ1n) is 14.2. The summed E-state index contributed by atoms with van der Waals surface area (Å²) in [4.78, 5) is 0. The lowest BCUT2D eigenvalue weighted by atomic mass is 9.97. The Bertz CT molecular complexity index is 827. The van der Waals surface area contributed by atoms with Crippen molar-refractivity contribution < 1.29 is 116 Å². The third-order valence-electron chi connectivity index (χ3n) is 7.96. The number of hydrogen-bond acceptors (Lipinski definition) is 22. The van der Waals surface area contributed by atoms with Crippen LogP contribution in [0.1, 0.15) is 0 Å². The summed E-state index contributed by atoms with van der Waals surface area (Å²) in [6, 6.07) is 0. The smallest absolute Gasteiger partial charge is 0.187 e. The Kier molecular flexibility index (Phi) is 16.5. The lowest BCUT2D eigenvalue weighted by Crippen LogP contribution is -2.64. The van der Waals surface area contributed by atoms with Crippen LogP contribution in [0.2, 0.25) is 0 Å². The fraction of sp³-hybridized carbons (Fsp3) is 1.00. The van der Waals surface area contributed by atoms with Gasteiger partial charge in [0, 0.05) is 0 Å². The molecular weight excluding hydrogens is 656 g/mol. The number of aliphatic hydroxyl groups is 16. The van der Waals surface area contributed by atoms with E-state index in [9.17, 15) is 71.5 Å². The standard InChI is InChI=1S/2C12H22O11.H2O/c2*13-1-3-5(15)6(16)9(19)12(22-3)23-10-4(2-14)21-11(20)8(18)7(10)17;/h2*3-20H,1-2H2;1H2/t2*3-,4-,5+,6+,7-,8-,9-,10-,11-,12+;/m11./s1. The van der Waals surface area contributed by atoms with Crippen LogP contribution in [-0.2, 0) is 28.4 Å². The van der Waals surface area contributed by atoms with E-state index in [1.165, 1.54) is 0 Å². The van der Waals surface area contributed by atoms with Crippen molar-refractivity contribution in [1.29, 1.82) is 0 Å². The zero-order valence-electron chi connectivity index (χ0n) is 24.5. The van der Waals surface area contributed by atoms with Gasteiger partial charge in [0.2, 0.25) is 0 Å². The van der Waals surface area contributed by atoms with Gasteiger partial charge in [-0.25, -0.2) is 0 Å². The topological polar surface area (TPSA) is 411 Å². The van der Waals surface area contributed by atoms with Crippen LogP contribution >= 0.6 is 0 Å². The van der Waals surface area contributed by atoms with Gasteiger partial charge >= 0.3 is 0 Å². The highest BCUT2D eigenvalue weighted by Gasteiger charge is 2.51. The SMILES string of the molecule is O.OC[C@H]1O[C@@H](O[C@H]2[C@H](O)[C@@H](O)[C@H](O)O[C@@H]2CO)[C@H](O)[C@@H](O)[C@H]1O.OC[C@H]1O[C@@H](O[C@H]2[C@H](O)[C@@H](O)[C@H](O)O[C@@H]2CO)[C@H](O)[C@@H](O)[C@H]1O. The molecule has 23 nitrogen and oxygen atoms in total. The number of ether oxygens (including phenoxy) is 6. The van der Waals surface area contributed by atoms with E-state index in [2.05, 4.69) is 0 Å². The molecule has 0 unspecified atom stereocenters. The van der Waals surface area contributed by atoms with Crippen molar-refractivity contribution in [1.82, 2.24) is 0 Å². The second kappa shape index (κ2) is 18.4. The molecule has 4 saturated heterocycles. The Labute approximate surface area is 265 Å². The van der Waals surface area contributed by atoms with Gasteiger partial charge in [0.15, 0.2) is 25.2 Å². The molecular formula is C24H46O23. The molecule has 0 radical (unpaired) electrons. The molecule has 0 aromatic heterocycles. The van der Waals surface area contributed by atoms with E-state index in [0.717, 1.165) is 0 Å². The monoisotopic (exact) mass is 702 g/mol. The zero-order valence-corrected chi connectivity index (χ0v) is 24.5. The highest BCUT2D eigenvalue weighted by molar-refractivity contribution is 4.95. The molecule has 0 spiro atoms. The summed E-state index contributed by atoms with van der Waals surface area (Å²) in [5, 5.41) is 153. The molecule has 4 aliphatic heterocycles. The summed E-state index contributed by atoms with van der Waals surface area (Å²) in [5.74, 6) is 0. The normalized spacial score (nSPS) is 50.6. The average Bonchev–Trinajstić information content (AvgIpc) is 3.05. The lowest BCUT2D eigenvalue weighted by molar-refractivity contribution is -0.355. The molecule has 0 saturated carbocycles. The van der Waals surface area contributed by atoms with E-state index < -0.39 is 149 Å². The Hall–Kier alpha value is -0.920. The van der Waals surface area contributed by atoms with Crippen LogP contribution in [0, 0.1) is 0 Å². The van der Waals surface area contributed by atoms with Gasteiger partial charge in [-0.05, 0) is 0 Å². The third-order valence-corrected chi connectivity index (χ3v) is 7.96. The van der Waals surface area contributed by atoms with Gasteiger partial charge in [0.05, 0.1) is 26.4 Å². The molecule has 0 aliphatic carbocycles. The fourth-order valence-electron chi connectivity index (χ4n) is 5.14. The van der Waals surface area contributed by atoms with E-state index >= 15 is 0 Å². The van der Waals surface area contributed by atoms with Crippen LogP contribution in [-0.4, -0.2) is 236 Å². The molecule has 18 N–H and O–H groups in total. The maximum absolute atomic E-state index is 9.94. The van der Waals surface area contributed by atoms with Crippen LogP contribution in [0.4, 0.5) is 0 Å². The summed E-state index contributed by atoms with van der Waals surface area (Å²) in [5.41, 5.74) is 0. The molecule has 4 rings (SSSR count). The third kappa shape index (κ3) is 9.25. The summed E-state index contributed by atoms with van der Waals surface area (Å²) in [7, 11) is 0. The highest BCUT2D eigenvalue weighted by atomic mass is 16.7. The van der Waals surface area contributed by atoms with Gasteiger partial charge in [-0.2, -0.15) is 0 Å². The van der Waals surface area contributed by atoms with Gasteiger partial charge in [-0.15, -0.1) is 0 Å². The Morgan fingerprint density at radius 2 is 0.638 bits per heavy atom. The molecule has 4 aliphatic rings. The van der Waals surface area contributed by atoms with Crippen LogP contribution in [0.3, 0.4) is 0 Å². The van der Waals surface area contributed by atoms with E-state index in [-0.39, 0.29) is 5.48 Å². The second-order valence-electron chi connectivity index (χ2n) is 11.1. The lowest BCUT2D eigenvalue weighted by Gasteiger charge is -2.45. The van der Waals surface area contributed by atoms with E-state index in [4.69, 9.17) is 38.6 Å². The predicted octanol–water partition coefficient (Wildman–Crippen LogP) is -11.6. The van der Waals surface area contributed by atoms with E-state index in [0.29, 0.717) is 0 Å². The molecule has 280 valence electrons. The Morgan fingerprint density at radius 1 is 0.340 bits per heavy atom. The largest absolute Gasteiger partial charge is 0.412 e. The number of aliphatic hydroxyl groups excluding tert-OH is 16.